The molecule has 3 aromatic rings. The topological polar surface area (TPSA) is 44.0 Å². The van der Waals surface area contributed by atoms with E-state index in [9.17, 15) is 0 Å². The number of fused-ring (bicyclic) bond motifs is 1. The second kappa shape index (κ2) is 6.28. The van der Waals surface area contributed by atoms with Crippen molar-refractivity contribution in [2.75, 3.05) is 10.2 Å². The van der Waals surface area contributed by atoms with E-state index in [0.29, 0.717) is 5.11 Å². The van der Waals surface area contributed by atoms with Crippen LogP contribution < -0.4 is 10.2 Å². The number of nitrogens with zero attached hydrogens (tertiary/aromatic N) is 2. The molecule has 2 aromatic carbocycles. The van der Waals surface area contributed by atoms with Crippen LogP contribution in [0.1, 0.15) is 28.4 Å². The number of hydrogen-bond acceptors (Lipinski definition) is 2. The van der Waals surface area contributed by atoms with E-state index < -0.39 is 0 Å². The lowest BCUT2D eigenvalue weighted by Crippen LogP contribution is -2.42. The first-order valence-corrected chi connectivity index (χ1v) is 9.22. The Kier molecular flexibility index (Phi) is 4.09. The molecule has 0 fully saturated rings. The van der Waals surface area contributed by atoms with Gasteiger partial charge in [-0.25, -0.2) is 0 Å². The molecule has 0 aliphatic carbocycles. The number of hydrogen-bond donors (Lipinski definition) is 2. The van der Waals surface area contributed by atoms with Gasteiger partial charge in [0.1, 0.15) is 0 Å². The summed E-state index contributed by atoms with van der Waals surface area (Å²) in [5.41, 5.74) is 5.60. The van der Waals surface area contributed by atoms with Gasteiger partial charge in [-0.1, -0.05) is 45.8 Å². The van der Waals surface area contributed by atoms with Crippen molar-refractivity contribution in [3.8, 4) is 0 Å². The van der Waals surface area contributed by atoms with Crippen molar-refractivity contribution in [3.05, 3.63) is 75.4 Å². The van der Waals surface area contributed by atoms with Gasteiger partial charge in [0.2, 0.25) is 0 Å². The summed E-state index contributed by atoms with van der Waals surface area (Å²) < 4.78 is 1.05. The number of aromatic amines is 1. The molecule has 0 bridgehead atoms. The van der Waals surface area contributed by atoms with Crippen LogP contribution >= 0.6 is 28.1 Å². The molecule has 1 aromatic heterocycles. The molecule has 6 heteroatoms. The van der Waals surface area contributed by atoms with Gasteiger partial charge in [-0.2, -0.15) is 5.10 Å². The molecule has 1 aliphatic heterocycles. The van der Waals surface area contributed by atoms with Crippen LogP contribution in [0.4, 0.5) is 11.5 Å². The molecule has 0 spiro atoms. The van der Waals surface area contributed by atoms with E-state index >= 15 is 0 Å². The Morgan fingerprint density at radius 1 is 1.04 bits per heavy atom. The summed E-state index contributed by atoms with van der Waals surface area (Å²) in [6.07, 6.45) is 0. The Morgan fingerprint density at radius 2 is 1.72 bits per heavy atom. The van der Waals surface area contributed by atoms with Crippen molar-refractivity contribution in [3.63, 3.8) is 0 Å². The number of benzene rings is 2. The van der Waals surface area contributed by atoms with Crippen LogP contribution in [0.3, 0.4) is 0 Å². The highest BCUT2D eigenvalue weighted by Crippen LogP contribution is 2.41. The van der Waals surface area contributed by atoms with Crippen molar-refractivity contribution >= 4 is 44.8 Å². The van der Waals surface area contributed by atoms with Gasteiger partial charge in [-0.15, -0.1) is 0 Å². The molecule has 0 radical (unpaired) electrons. The molecule has 2 N–H and O–H groups in total. The third kappa shape index (κ3) is 2.85. The maximum absolute atomic E-state index is 5.68. The Morgan fingerprint density at radius 3 is 2.40 bits per heavy atom. The van der Waals surface area contributed by atoms with Crippen LogP contribution in [0.2, 0.25) is 0 Å². The zero-order valence-corrected chi connectivity index (χ0v) is 16.3. The summed E-state index contributed by atoms with van der Waals surface area (Å²) in [6.45, 7) is 4.13. The van der Waals surface area contributed by atoms with Crippen molar-refractivity contribution in [2.24, 2.45) is 0 Å². The van der Waals surface area contributed by atoms with Gasteiger partial charge in [0, 0.05) is 21.4 Å². The third-order valence-electron chi connectivity index (χ3n) is 4.47. The van der Waals surface area contributed by atoms with Gasteiger partial charge >= 0.3 is 0 Å². The predicted molar refractivity (Wildman–Crippen MR) is 109 cm³/mol. The number of anilines is 2. The lowest BCUT2D eigenvalue weighted by Gasteiger charge is -2.38. The fraction of sp³-hybridized carbons (Fsp3) is 0.158. The SMILES string of the molecule is Cc1ccc(N2C(=S)Nc3n[nH]c(C)c3C2c2ccc(Br)cc2)cc1. The van der Waals surface area contributed by atoms with E-state index in [0.717, 1.165) is 27.2 Å². The fourth-order valence-electron chi connectivity index (χ4n) is 3.21. The molecule has 4 nitrogen and oxygen atoms in total. The summed E-state index contributed by atoms with van der Waals surface area (Å²) in [5.74, 6) is 0.804. The minimum Gasteiger partial charge on any atom is -0.315 e. The summed E-state index contributed by atoms with van der Waals surface area (Å²) in [7, 11) is 0. The van der Waals surface area contributed by atoms with E-state index in [1.807, 2.05) is 6.92 Å². The molecule has 126 valence electrons. The predicted octanol–water partition coefficient (Wildman–Crippen LogP) is 5.10. The van der Waals surface area contributed by atoms with Crippen LogP contribution in [0.15, 0.2) is 53.0 Å². The summed E-state index contributed by atoms with van der Waals surface area (Å²) in [4.78, 5) is 2.16. The largest absolute Gasteiger partial charge is 0.315 e. The maximum Gasteiger partial charge on any atom is 0.180 e. The standard InChI is InChI=1S/C19H17BrN4S/c1-11-3-9-15(10-4-11)24-17(13-5-7-14(20)8-6-13)16-12(2)22-23-18(16)21-19(24)25/h3-10,17H,1-2H3,(H2,21,22,23,25). The first-order chi connectivity index (χ1) is 12.0. The normalized spacial score (nSPS) is 16.5. The number of rotatable bonds is 2. The number of nitrogens with one attached hydrogen (secondary N) is 2. The highest BCUT2D eigenvalue weighted by Gasteiger charge is 2.35. The minimum atomic E-state index is -0.0293. The van der Waals surface area contributed by atoms with E-state index in [-0.39, 0.29) is 6.04 Å². The second-order valence-electron chi connectivity index (χ2n) is 6.20. The minimum absolute atomic E-state index is 0.0293. The first-order valence-electron chi connectivity index (χ1n) is 8.02. The van der Waals surface area contributed by atoms with E-state index in [1.54, 1.807) is 0 Å². The van der Waals surface area contributed by atoms with Gasteiger partial charge in [-0.05, 0) is 55.9 Å². The fourth-order valence-corrected chi connectivity index (χ4v) is 3.78. The van der Waals surface area contributed by atoms with Gasteiger partial charge < -0.3 is 10.2 Å². The van der Waals surface area contributed by atoms with Crippen molar-refractivity contribution < 1.29 is 0 Å². The number of halogens is 1. The van der Waals surface area contributed by atoms with Crippen molar-refractivity contribution in [1.29, 1.82) is 0 Å². The molecule has 1 aliphatic rings. The Labute approximate surface area is 160 Å². The summed E-state index contributed by atoms with van der Waals surface area (Å²) >= 11 is 9.20. The number of thiocarbonyl (C=S) groups is 1. The van der Waals surface area contributed by atoms with Crippen LogP contribution in [0.25, 0.3) is 0 Å². The zero-order valence-electron chi connectivity index (χ0n) is 13.9. The maximum atomic E-state index is 5.68. The molecule has 0 saturated heterocycles. The second-order valence-corrected chi connectivity index (χ2v) is 7.50. The number of aromatic nitrogens is 2. The highest BCUT2D eigenvalue weighted by molar-refractivity contribution is 9.10. The Balaban J connectivity index is 1.91. The lowest BCUT2D eigenvalue weighted by atomic mass is 9.95. The highest BCUT2D eigenvalue weighted by atomic mass is 79.9. The molecule has 2 heterocycles. The molecular formula is C19H17BrN4S. The Hall–Kier alpha value is -2.18. The first kappa shape index (κ1) is 16.3. The molecule has 1 atom stereocenters. The molecule has 0 amide bonds. The molecule has 4 rings (SSSR count). The zero-order chi connectivity index (χ0) is 17.6. The van der Waals surface area contributed by atoms with Gasteiger partial charge in [0.05, 0.1) is 6.04 Å². The van der Waals surface area contributed by atoms with E-state index in [1.165, 1.54) is 11.1 Å². The van der Waals surface area contributed by atoms with Gasteiger partial charge in [0.25, 0.3) is 0 Å². The van der Waals surface area contributed by atoms with Crippen molar-refractivity contribution in [2.45, 2.75) is 19.9 Å². The Bertz CT molecular complexity index is 931. The van der Waals surface area contributed by atoms with Gasteiger partial charge in [-0.3, -0.25) is 5.10 Å². The average Bonchev–Trinajstić information content (AvgIpc) is 2.96. The molecule has 0 saturated carbocycles. The lowest BCUT2D eigenvalue weighted by molar-refractivity contribution is 0.826. The average molecular weight is 413 g/mol. The number of aryl methyl sites for hydroxylation is 2. The third-order valence-corrected chi connectivity index (χ3v) is 5.30. The van der Waals surface area contributed by atoms with Gasteiger partial charge in [0.15, 0.2) is 10.9 Å². The smallest absolute Gasteiger partial charge is 0.180 e. The summed E-state index contributed by atoms with van der Waals surface area (Å²) in [5, 5.41) is 11.4. The molecule has 1 unspecified atom stereocenters. The van der Waals surface area contributed by atoms with Crippen LogP contribution in [0, 0.1) is 13.8 Å². The van der Waals surface area contributed by atoms with E-state index in [4.69, 9.17) is 12.2 Å². The van der Waals surface area contributed by atoms with Crippen molar-refractivity contribution in [1.82, 2.24) is 10.2 Å². The molecule has 25 heavy (non-hydrogen) atoms. The van der Waals surface area contributed by atoms with Crippen LogP contribution in [0.5, 0.6) is 0 Å². The van der Waals surface area contributed by atoms with Crippen LogP contribution in [-0.4, -0.2) is 15.3 Å². The number of H-pyrrole nitrogens is 1. The van der Waals surface area contributed by atoms with E-state index in [2.05, 4.69) is 91.8 Å². The monoisotopic (exact) mass is 412 g/mol. The molecular weight excluding hydrogens is 396 g/mol. The summed E-state index contributed by atoms with van der Waals surface area (Å²) in [6, 6.07) is 16.8. The van der Waals surface area contributed by atoms with Crippen LogP contribution in [-0.2, 0) is 0 Å². The quantitative estimate of drug-likeness (QED) is 0.574.